The van der Waals surface area contributed by atoms with E-state index in [-0.39, 0.29) is 0 Å². The van der Waals surface area contributed by atoms with E-state index in [1.54, 1.807) is 0 Å². The smallest absolute Gasteiger partial charge is 0.306 e. The predicted octanol–water partition coefficient (Wildman–Crippen LogP) is 6.55. The fourth-order valence-corrected chi connectivity index (χ4v) is 3.46. The first-order valence-corrected chi connectivity index (χ1v) is 8.78. The summed E-state index contributed by atoms with van der Waals surface area (Å²) >= 11 is 0. The number of halogens is 18. The van der Waals surface area contributed by atoms with Gasteiger partial charge in [0.2, 0.25) is 0 Å². The zero-order valence-corrected chi connectivity index (χ0v) is 16.7. The van der Waals surface area contributed by atoms with Gasteiger partial charge in [0.1, 0.15) is 21.7 Å². The summed E-state index contributed by atoms with van der Waals surface area (Å²) in [5.74, 6) is 0. The van der Waals surface area contributed by atoms with Gasteiger partial charge in [0, 0.05) is 12.4 Å². The molecule has 3 rings (SSSR count). The van der Waals surface area contributed by atoms with E-state index in [0.29, 0.717) is 0 Å². The fourth-order valence-electron chi connectivity index (χ4n) is 3.46. The summed E-state index contributed by atoms with van der Waals surface area (Å²) in [7, 11) is 0. The van der Waals surface area contributed by atoms with Crippen molar-refractivity contribution < 1.29 is 79.0 Å². The average Bonchev–Trinajstić information content (AvgIpc) is 3.14. The highest BCUT2D eigenvalue weighted by Gasteiger charge is 2.49. The van der Waals surface area contributed by atoms with E-state index >= 15 is 0 Å². The first-order valence-electron chi connectivity index (χ1n) is 8.78. The summed E-state index contributed by atoms with van der Waals surface area (Å²) in [6.07, 6.45) is -39.4. The first kappa shape index (κ1) is 29.2. The maximum Gasteiger partial charge on any atom is 0.503 e. The van der Waals surface area contributed by atoms with Gasteiger partial charge in [-0.1, -0.05) is 0 Å². The molecule has 4 nitrogen and oxygen atoms in total. The number of hydrogen-bond acceptors (Lipinski definition) is 2. The van der Waals surface area contributed by atoms with Gasteiger partial charge in [-0.25, -0.2) is 0 Å². The van der Waals surface area contributed by atoms with Crippen LogP contribution in [-0.2, 0) is 24.7 Å². The highest BCUT2D eigenvalue weighted by molar-refractivity contribution is 5.68. The van der Waals surface area contributed by atoms with E-state index in [1.165, 1.54) is 9.98 Å². The topological polar surface area (TPSA) is 33.5 Å². The van der Waals surface area contributed by atoms with Crippen molar-refractivity contribution in [3.63, 3.8) is 0 Å². The molecule has 38 heavy (non-hydrogen) atoms. The number of hydrogen-bond donors (Lipinski definition) is 0. The molecule has 3 aromatic heterocycles. The van der Waals surface area contributed by atoms with E-state index in [9.17, 15) is 79.0 Å². The van der Waals surface area contributed by atoms with Crippen molar-refractivity contribution in [2.75, 3.05) is 0 Å². The van der Waals surface area contributed by atoms with Crippen molar-refractivity contribution in [2.24, 2.45) is 9.98 Å². The van der Waals surface area contributed by atoms with Crippen molar-refractivity contribution >= 4 is 11.0 Å². The molecule has 0 atom stereocenters. The molecule has 0 amide bonds. The van der Waals surface area contributed by atoms with Crippen molar-refractivity contribution in [3.8, 4) is 0 Å². The first-order chi connectivity index (χ1) is 16.6. The number of aromatic nitrogens is 2. The minimum Gasteiger partial charge on any atom is -0.306 e. The van der Waals surface area contributed by atoms with Crippen LogP contribution >= 0.6 is 0 Å². The largest absolute Gasteiger partial charge is 0.503 e. The molecule has 0 saturated heterocycles. The Morgan fingerprint density at radius 3 is 0.868 bits per heavy atom. The summed E-state index contributed by atoms with van der Waals surface area (Å²) in [5, 5.41) is -5.69. The second kappa shape index (κ2) is 8.07. The highest BCUT2D eigenvalue weighted by atomic mass is 19.4. The minimum atomic E-state index is -6.38. The molecule has 22 heteroatoms. The molecule has 3 heterocycles. The number of nitrogens with zero attached hydrogens (tertiary/aromatic N) is 4. The molecular weight excluding hydrogens is 590 g/mol. The third-order valence-corrected chi connectivity index (χ3v) is 4.51. The fraction of sp³-hybridized carbons (Fsp3) is 0.375. The van der Waals surface area contributed by atoms with Crippen LogP contribution in [0.3, 0.4) is 0 Å². The molecule has 0 spiro atoms. The van der Waals surface area contributed by atoms with Crippen LogP contribution in [0.1, 0.15) is 22.5 Å². The standard InChI is InChI=1S/C16H2F18N4/c17-11(18,19)3-1-37-7(5(3)35-15(29,30)31)10(14(26,27)28)38-2-4(12(20,21)22)6(36-16(32,33)34)8(38)9(37)13(23,24)25/h1-2H. The predicted molar refractivity (Wildman–Crippen MR) is 82.8 cm³/mol. The Morgan fingerprint density at radius 2 is 0.684 bits per heavy atom. The molecule has 0 fully saturated rings. The quantitative estimate of drug-likeness (QED) is 0.210. The van der Waals surface area contributed by atoms with Gasteiger partial charge in [-0.3, -0.25) is 0 Å². The number of fused-ring (bicyclic) bond motifs is 2. The Hall–Kier alpha value is -3.36. The van der Waals surface area contributed by atoms with Crippen molar-refractivity contribution in [2.45, 2.75) is 37.3 Å². The lowest BCUT2D eigenvalue weighted by Gasteiger charge is -2.18. The van der Waals surface area contributed by atoms with Gasteiger partial charge < -0.3 is 8.80 Å². The van der Waals surface area contributed by atoms with E-state index in [4.69, 9.17) is 0 Å². The lowest BCUT2D eigenvalue weighted by molar-refractivity contribution is -0.146. The molecule has 212 valence electrons. The average molecular weight is 592 g/mol. The SMILES string of the molecule is FC(F)(F)N=c1c(C(F)(F)F)cn2c(C(F)(F)F)c3c(=NC(F)(F)F)c(C(F)(F)F)cn3c(C(F)(F)F)c12. The minimum absolute atomic E-state index is 1.02. The molecule has 0 aliphatic carbocycles. The molecule has 0 radical (unpaired) electrons. The van der Waals surface area contributed by atoms with Crippen LogP contribution in [0.2, 0.25) is 0 Å². The molecule has 0 aliphatic heterocycles. The van der Waals surface area contributed by atoms with Gasteiger partial charge in [0.15, 0.2) is 11.4 Å². The summed E-state index contributed by atoms with van der Waals surface area (Å²) in [6.45, 7) is 0. The van der Waals surface area contributed by atoms with Gasteiger partial charge in [-0.15, -0.1) is 26.3 Å². The molecule has 0 saturated carbocycles. The summed E-state index contributed by atoms with van der Waals surface area (Å²) in [4.78, 5) is 2.88. The second-order valence-corrected chi connectivity index (χ2v) is 7.07. The Balaban J connectivity index is 2.99. The van der Waals surface area contributed by atoms with Gasteiger partial charge in [0.25, 0.3) is 0 Å². The maximum atomic E-state index is 13.9. The zero-order valence-electron chi connectivity index (χ0n) is 16.7. The Kier molecular flexibility index (Phi) is 6.20. The molecule has 0 aliphatic rings. The van der Waals surface area contributed by atoms with Gasteiger partial charge in [-0.05, 0) is 0 Å². The van der Waals surface area contributed by atoms with Crippen molar-refractivity contribution in [3.05, 3.63) is 45.6 Å². The Labute approximate surface area is 193 Å². The van der Waals surface area contributed by atoms with Gasteiger partial charge in [0.05, 0.1) is 11.1 Å². The van der Waals surface area contributed by atoms with Crippen LogP contribution in [0.25, 0.3) is 11.0 Å². The molecule has 3 aromatic rings. The third-order valence-electron chi connectivity index (χ3n) is 4.51. The van der Waals surface area contributed by atoms with Crippen LogP contribution in [0.5, 0.6) is 0 Å². The van der Waals surface area contributed by atoms with Crippen LogP contribution in [0.4, 0.5) is 79.0 Å². The zero-order chi connectivity index (χ0) is 29.6. The van der Waals surface area contributed by atoms with Crippen LogP contribution < -0.4 is 10.7 Å². The summed E-state index contributed by atoms with van der Waals surface area (Å²) in [6, 6.07) is 0. The number of rotatable bonds is 0. The molecule has 0 bridgehead atoms. The number of alkyl halides is 18. The van der Waals surface area contributed by atoms with Crippen molar-refractivity contribution in [1.82, 2.24) is 8.80 Å². The van der Waals surface area contributed by atoms with Crippen LogP contribution in [0.15, 0.2) is 22.4 Å². The third kappa shape index (κ3) is 5.28. The normalized spacial score (nSPS) is 15.9. The molecule has 0 aromatic carbocycles. The molecular formula is C16H2F18N4. The lowest BCUT2D eigenvalue weighted by atomic mass is 10.2. The maximum absolute atomic E-state index is 13.9. The van der Waals surface area contributed by atoms with E-state index in [0.717, 1.165) is 0 Å². The van der Waals surface area contributed by atoms with E-state index in [2.05, 4.69) is 0 Å². The van der Waals surface area contributed by atoms with Crippen LogP contribution in [0, 0.1) is 0 Å². The van der Waals surface area contributed by atoms with Crippen LogP contribution in [-0.4, -0.2) is 21.4 Å². The van der Waals surface area contributed by atoms with Crippen molar-refractivity contribution in [1.29, 1.82) is 0 Å². The van der Waals surface area contributed by atoms with Gasteiger partial charge >= 0.3 is 37.3 Å². The molecule has 0 N–H and O–H groups in total. The second-order valence-electron chi connectivity index (χ2n) is 7.07. The van der Waals surface area contributed by atoms with E-state index in [1.807, 2.05) is 0 Å². The molecule has 0 unspecified atom stereocenters. The highest BCUT2D eigenvalue weighted by Crippen LogP contribution is 2.42. The summed E-state index contributed by atoms with van der Waals surface area (Å²) in [5.41, 5.74) is -17.3. The lowest BCUT2D eigenvalue weighted by Crippen LogP contribution is -2.27. The Bertz CT molecular complexity index is 1400. The van der Waals surface area contributed by atoms with Gasteiger partial charge in [-0.2, -0.15) is 62.7 Å². The monoisotopic (exact) mass is 592 g/mol. The Morgan fingerprint density at radius 1 is 0.421 bits per heavy atom. The summed E-state index contributed by atoms with van der Waals surface area (Å²) < 4.78 is 238. The van der Waals surface area contributed by atoms with E-state index < -0.39 is 103 Å².